The Morgan fingerprint density at radius 1 is 0.357 bits per heavy atom. The third-order valence-corrected chi connectivity index (χ3v) is 11.6. The lowest BCUT2D eigenvalue weighted by Gasteiger charge is -2.21. The number of hydrogen-bond acceptors (Lipinski definition) is 0. The number of hydrogen-bond donors (Lipinski definition) is 0. The van der Waals surface area contributed by atoms with E-state index in [9.17, 15) is 0 Å². The van der Waals surface area contributed by atoms with Gasteiger partial charge in [-0.1, -0.05) is 158 Å². The van der Waals surface area contributed by atoms with E-state index in [-0.39, 0.29) is 6.04 Å². The summed E-state index contributed by atoms with van der Waals surface area (Å²) in [6.45, 7) is 0. The van der Waals surface area contributed by atoms with Gasteiger partial charge < -0.3 is 9.13 Å². The monoisotopic (exact) mass is 714 g/mol. The molecule has 56 heavy (non-hydrogen) atoms. The van der Waals surface area contributed by atoms with Crippen molar-refractivity contribution in [1.82, 2.24) is 9.13 Å². The molecule has 0 N–H and O–H groups in total. The van der Waals surface area contributed by atoms with E-state index in [1.54, 1.807) is 0 Å². The van der Waals surface area contributed by atoms with Crippen molar-refractivity contribution in [2.75, 3.05) is 0 Å². The van der Waals surface area contributed by atoms with Crippen molar-refractivity contribution in [2.24, 2.45) is 0 Å². The molecule has 1 aliphatic rings. The van der Waals surface area contributed by atoms with Gasteiger partial charge in [-0.15, -0.1) is 0 Å². The molecule has 10 aromatic rings. The number of para-hydroxylation sites is 2. The summed E-state index contributed by atoms with van der Waals surface area (Å²) in [6, 6.07) is 71.1. The van der Waals surface area contributed by atoms with Gasteiger partial charge in [-0.05, 0) is 106 Å². The molecule has 2 nitrogen and oxygen atoms in total. The zero-order valence-electron chi connectivity index (χ0n) is 30.9. The van der Waals surface area contributed by atoms with Gasteiger partial charge in [0.05, 0.1) is 17.1 Å². The SMILES string of the molecule is C1=CC(n2c3ccccc3c3cc(-c4ccc5c(c4)c4ccccc4n5-c4cccc(-c5cccc(-c6ccccc6)c5)c4)ccc32)CC=C1c1ccccc1. The van der Waals surface area contributed by atoms with Gasteiger partial charge in [0.25, 0.3) is 0 Å². The highest BCUT2D eigenvalue weighted by atomic mass is 15.0. The maximum atomic E-state index is 2.53. The van der Waals surface area contributed by atoms with Gasteiger partial charge in [-0.25, -0.2) is 0 Å². The Hall–Kier alpha value is -7.16. The fraction of sp³-hybridized carbons (Fsp3) is 0.0370. The van der Waals surface area contributed by atoms with Gasteiger partial charge in [0.1, 0.15) is 0 Å². The fourth-order valence-electron chi connectivity index (χ4n) is 8.95. The highest BCUT2D eigenvalue weighted by Gasteiger charge is 2.20. The normalized spacial score (nSPS) is 14.2. The first-order chi connectivity index (χ1) is 27.8. The molecule has 1 aliphatic carbocycles. The van der Waals surface area contributed by atoms with Crippen LogP contribution in [-0.4, -0.2) is 9.13 Å². The van der Waals surface area contributed by atoms with Gasteiger partial charge in [0.2, 0.25) is 0 Å². The highest BCUT2D eigenvalue weighted by molar-refractivity contribution is 6.12. The van der Waals surface area contributed by atoms with Crippen LogP contribution in [0.25, 0.3) is 88.3 Å². The van der Waals surface area contributed by atoms with E-state index >= 15 is 0 Å². The predicted octanol–water partition coefficient (Wildman–Crippen LogP) is 14.5. The maximum absolute atomic E-state index is 2.53. The van der Waals surface area contributed by atoms with Crippen molar-refractivity contribution in [2.45, 2.75) is 12.5 Å². The molecule has 11 rings (SSSR count). The van der Waals surface area contributed by atoms with E-state index in [1.165, 1.54) is 88.1 Å². The molecule has 0 fully saturated rings. The molecule has 0 aliphatic heterocycles. The lowest BCUT2D eigenvalue weighted by molar-refractivity contribution is 0.649. The second-order valence-electron chi connectivity index (χ2n) is 14.9. The van der Waals surface area contributed by atoms with Crippen LogP contribution in [-0.2, 0) is 0 Å². The Morgan fingerprint density at radius 2 is 0.857 bits per heavy atom. The summed E-state index contributed by atoms with van der Waals surface area (Å²) in [7, 11) is 0. The largest absolute Gasteiger partial charge is 0.333 e. The number of rotatable bonds is 6. The van der Waals surface area contributed by atoms with Crippen LogP contribution in [0.1, 0.15) is 18.0 Å². The van der Waals surface area contributed by atoms with Crippen molar-refractivity contribution in [3.63, 3.8) is 0 Å². The first kappa shape index (κ1) is 32.3. The van der Waals surface area contributed by atoms with Crippen molar-refractivity contribution >= 4 is 49.2 Å². The number of fused-ring (bicyclic) bond motifs is 6. The lowest BCUT2D eigenvalue weighted by atomic mass is 9.97. The van der Waals surface area contributed by atoms with Crippen LogP contribution in [0, 0.1) is 0 Å². The molecule has 2 aromatic heterocycles. The van der Waals surface area contributed by atoms with Crippen LogP contribution in [0.5, 0.6) is 0 Å². The molecule has 2 heteroatoms. The third kappa shape index (κ3) is 5.41. The molecule has 0 amide bonds. The molecule has 0 radical (unpaired) electrons. The Bertz CT molecular complexity index is 3160. The number of allylic oxidation sites excluding steroid dienone is 4. The quantitative estimate of drug-likeness (QED) is 0.162. The maximum Gasteiger partial charge on any atom is 0.0560 e. The van der Waals surface area contributed by atoms with Crippen molar-refractivity contribution in [1.29, 1.82) is 0 Å². The van der Waals surface area contributed by atoms with Crippen LogP contribution in [0.2, 0.25) is 0 Å². The molecule has 0 bridgehead atoms. The fourth-order valence-corrected chi connectivity index (χ4v) is 8.95. The Morgan fingerprint density at radius 3 is 1.57 bits per heavy atom. The molecule has 2 heterocycles. The molecule has 1 unspecified atom stereocenters. The minimum absolute atomic E-state index is 0.254. The molecule has 0 spiro atoms. The van der Waals surface area contributed by atoms with Crippen LogP contribution in [0.3, 0.4) is 0 Å². The summed E-state index contributed by atoms with van der Waals surface area (Å²) in [4.78, 5) is 0. The van der Waals surface area contributed by atoms with Crippen molar-refractivity contribution in [3.05, 3.63) is 218 Å². The van der Waals surface area contributed by atoms with E-state index in [1.807, 2.05) is 0 Å². The van der Waals surface area contributed by atoms with Crippen molar-refractivity contribution in [3.8, 4) is 39.1 Å². The van der Waals surface area contributed by atoms with Crippen LogP contribution in [0.15, 0.2) is 212 Å². The van der Waals surface area contributed by atoms with E-state index in [0.29, 0.717) is 0 Å². The highest BCUT2D eigenvalue weighted by Crippen LogP contribution is 2.40. The van der Waals surface area contributed by atoms with E-state index in [0.717, 1.165) is 12.1 Å². The van der Waals surface area contributed by atoms with E-state index < -0.39 is 0 Å². The Labute approximate surface area is 326 Å². The smallest absolute Gasteiger partial charge is 0.0560 e. The van der Waals surface area contributed by atoms with Crippen molar-refractivity contribution < 1.29 is 0 Å². The number of nitrogens with zero attached hydrogens (tertiary/aromatic N) is 2. The molecule has 0 saturated heterocycles. The van der Waals surface area contributed by atoms with Gasteiger partial charge in [0, 0.05) is 38.3 Å². The zero-order chi connectivity index (χ0) is 37.0. The third-order valence-electron chi connectivity index (χ3n) is 11.6. The van der Waals surface area contributed by atoms with Gasteiger partial charge in [-0.3, -0.25) is 0 Å². The summed E-state index contributed by atoms with van der Waals surface area (Å²) in [5.74, 6) is 0. The zero-order valence-corrected chi connectivity index (χ0v) is 30.9. The molecule has 8 aromatic carbocycles. The molecule has 0 saturated carbocycles. The molecule has 264 valence electrons. The van der Waals surface area contributed by atoms with E-state index in [4.69, 9.17) is 0 Å². The molecule has 1 atom stereocenters. The second-order valence-corrected chi connectivity index (χ2v) is 14.9. The number of benzene rings is 8. The average molecular weight is 715 g/mol. The van der Waals surface area contributed by atoms with E-state index in [2.05, 4.69) is 221 Å². The minimum Gasteiger partial charge on any atom is -0.333 e. The van der Waals surface area contributed by atoms with Crippen LogP contribution >= 0.6 is 0 Å². The minimum atomic E-state index is 0.254. The Balaban J connectivity index is 0.987. The molecular weight excluding hydrogens is 677 g/mol. The molecular formula is C54H38N2. The predicted molar refractivity (Wildman–Crippen MR) is 237 cm³/mol. The standard InChI is InChI=1S/C54H38N2/c1-3-13-37(14-4-1)39-25-29-45(30-26-39)55-51-23-9-7-21-47(51)49-35-43(27-31-53(49)55)44-28-32-54-50(36-44)48-22-8-10-24-52(48)56(54)46-20-12-19-42(34-46)41-18-11-17-40(33-41)38-15-5-2-6-16-38/h1-29,31-36,45H,30H2. The summed E-state index contributed by atoms with van der Waals surface area (Å²) in [5.41, 5.74) is 16.0. The topological polar surface area (TPSA) is 9.86 Å². The summed E-state index contributed by atoms with van der Waals surface area (Å²) in [6.07, 6.45) is 8.02. The van der Waals surface area contributed by atoms with Gasteiger partial charge >= 0.3 is 0 Å². The first-order valence-electron chi connectivity index (χ1n) is 19.5. The number of aromatic nitrogens is 2. The van der Waals surface area contributed by atoms with Crippen LogP contribution < -0.4 is 0 Å². The summed E-state index contributed by atoms with van der Waals surface area (Å²) < 4.78 is 4.96. The lowest BCUT2D eigenvalue weighted by Crippen LogP contribution is -2.07. The van der Waals surface area contributed by atoms with Gasteiger partial charge in [-0.2, -0.15) is 0 Å². The average Bonchev–Trinajstić information content (AvgIpc) is 3.79. The summed E-state index contributed by atoms with van der Waals surface area (Å²) >= 11 is 0. The Kier molecular flexibility index (Phi) is 7.67. The second kappa shape index (κ2) is 13.3. The first-order valence-corrected chi connectivity index (χ1v) is 19.5. The summed E-state index contributed by atoms with van der Waals surface area (Å²) in [5, 5.41) is 5.10. The van der Waals surface area contributed by atoms with Gasteiger partial charge in [0.15, 0.2) is 0 Å². The van der Waals surface area contributed by atoms with Crippen LogP contribution in [0.4, 0.5) is 0 Å².